The van der Waals surface area contributed by atoms with Crippen molar-refractivity contribution in [2.24, 2.45) is 5.73 Å². The Morgan fingerprint density at radius 3 is 2.52 bits per heavy atom. The number of likely N-dealkylation sites (N-methyl/N-ethyl adjacent to an activating group) is 1. The number of hydrogen-bond acceptors (Lipinski definition) is 4. The monoisotopic (exact) mass is 291 g/mol. The predicted octanol–water partition coefficient (Wildman–Crippen LogP) is 2.11. The minimum absolute atomic E-state index is 0.0387. The smallest absolute Gasteiger partial charge is 0.118 e. The summed E-state index contributed by atoms with van der Waals surface area (Å²) in [6.07, 6.45) is 2.54. The summed E-state index contributed by atoms with van der Waals surface area (Å²) in [6, 6.07) is 9.16. The molecule has 0 bridgehead atoms. The second-order valence-corrected chi connectivity index (χ2v) is 6.29. The number of likely N-dealkylation sites (tertiary alicyclic amines) is 1. The average molecular weight is 291 g/mol. The van der Waals surface area contributed by atoms with Crippen molar-refractivity contribution in [3.63, 3.8) is 0 Å². The summed E-state index contributed by atoms with van der Waals surface area (Å²) in [4.78, 5) is 4.86. The summed E-state index contributed by atoms with van der Waals surface area (Å²) < 4.78 is 5.21. The standard InChI is InChI=1S/C17H29N3O/c1-13(20-11-5-6-15(12-20)19(2)3)17(18)14-7-9-16(21-4)10-8-14/h7-10,13,15,17H,5-6,11-12,18H2,1-4H3. The highest BCUT2D eigenvalue weighted by atomic mass is 16.5. The number of methoxy groups -OCH3 is 1. The van der Waals surface area contributed by atoms with Gasteiger partial charge in [0.1, 0.15) is 5.75 Å². The van der Waals surface area contributed by atoms with Crippen LogP contribution >= 0.6 is 0 Å². The van der Waals surface area contributed by atoms with E-state index in [1.165, 1.54) is 18.4 Å². The Morgan fingerprint density at radius 1 is 1.29 bits per heavy atom. The van der Waals surface area contributed by atoms with Gasteiger partial charge in [-0.05, 0) is 58.1 Å². The molecule has 118 valence electrons. The van der Waals surface area contributed by atoms with E-state index in [2.05, 4.69) is 43.0 Å². The first-order valence-electron chi connectivity index (χ1n) is 7.83. The van der Waals surface area contributed by atoms with Gasteiger partial charge in [-0.1, -0.05) is 12.1 Å². The third-order valence-electron chi connectivity index (χ3n) is 4.75. The third-order valence-corrected chi connectivity index (χ3v) is 4.75. The molecular weight excluding hydrogens is 262 g/mol. The molecule has 0 spiro atoms. The minimum Gasteiger partial charge on any atom is -0.497 e. The first-order valence-corrected chi connectivity index (χ1v) is 7.83. The Hall–Kier alpha value is -1.10. The van der Waals surface area contributed by atoms with Crippen molar-refractivity contribution in [1.82, 2.24) is 9.80 Å². The van der Waals surface area contributed by atoms with Gasteiger partial charge in [0.15, 0.2) is 0 Å². The molecule has 2 rings (SSSR count). The normalized spacial score (nSPS) is 23.0. The van der Waals surface area contributed by atoms with Crippen molar-refractivity contribution >= 4 is 0 Å². The lowest BCUT2D eigenvalue weighted by atomic mass is 9.96. The maximum absolute atomic E-state index is 6.49. The third kappa shape index (κ3) is 3.96. The molecule has 1 aliphatic heterocycles. The number of hydrogen-bond donors (Lipinski definition) is 1. The minimum atomic E-state index is 0.0387. The highest BCUT2D eigenvalue weighted by Gasteiger charge is 2.28. The zero-order valence-electron chi connectivity index (χ0n) is 13.7. The van der Waals surface area contributed by atoms with Crippen LogP contribution in [0, 0.1) is 0 Å². The number of rotatable bonds is 5. The average Bonchev–Trinajstić information content (AvgIpc) is 2.53. The van der Waals surface area contributed by atoms with Crippen LogP contribution in [0.4, 0.5) is 0 Å². The van der Waals surface area contributed by atoms with Crippen LogP contribution in [0.1, 0.15) is 31.4 Å². The fraction of sp³-hybridized carbons (Fsp3) is 0.647. The molecule has 21 heavy (non-hydrogen) atoms. The zero-order chi connectivity index (χ0) is 15.4. The fourth-order valence-corrected chi connectivity index (χ4v) is 3.11. The van der Waals surface area contributed by atoms with Gasteiger partial charge in [0.25, 0.3) is 0 Å². The Morgan fingerprint density at radius 2 is 1.95 bits per heavy atom. The van der Waals surface area contributed by atoms with Gasteiger partial charge in [-0.3, -0.25) is 4.90 Å². The van der Waals surface area contributed by atoms with Crippen LogP contribution in [0.3, 0.4) is 0 Å². The number of ether oxygens (including phenoxy) is 1. The van der Waals surface area contributed by atoms with E-state index in [4.69, 9.17) is 10.5 Å². The van der Waals surface area contributed by atoms with Crippen molar-refractivity contribution in [2.45, 2.75) is 37.9 Å². The molecule has 3 unspecified atom stereocenters. The summed E-state index contributed by atoms with van der Waals surface area (Å²) in [5.74, 6) is 0.879. The van der Waals surface area contributed by atoms with Crippen LogP contribution in [0.15, 0.2) is 24.3 Å². The zero-order valence-corrected chi connectivity index (χ0v) is 13.7. The molecule has 1 aromatic rings. The molecule has 1 saturated heterocycles. The first kappa shape index (κ1) is 16.3. The highest BCUT2D eigenvalue weighted by molar-refractivity contribution is 5.29. The Bertz CT molecular complexity index is 432. The van der Waals surface area contributed by atoms with Crippen molar-refractivity contribution in [1.29, 1.82) is 0 Å². The summed E-state index contributed by atoms with van der Waals surface area (Å²) >= 11 is 0. The van der Waals surface area contributed by atoms with Gasteiger partial charge >= 0.3 is 0 Å². The van der Waals surface area contributed by atoms with Crippen LogP contribution in [0.5, 0.6) is 5.75 Å². The van der Waals surface area contributed by atoms with E-state index in [0.717, 1.165) is 18.8 Å². The van der Waals surface area contributed by atoms with Gasteiger partial charge in [-0.25, -0.2) is 0 Å². The van der Waals surface area contributed by atoms with Crippen LogP contribution in [0.2, 0.25) is 0 Å². The lowest BCUT2D eigenvalue weighted by Gasteiger charge is -2.41. The lowest BCUT2D eigenvalue weighted by molar-refractivity contribution is 0.0916. The van der Waals surface area contributed by atoms with Gasteiger partial charge in [-0.15, -0.1) is 0 Å². The summed E-state index contributed by atoms with van der Waals surface area (Å²) in [5, 5.41) is 0. The van der Waals surface area contributed by atoms with Crippen LogP contribution in [-0.4, -0.2) is 56.2 Å². The molecule has 1 fully saturated rings. The van der Waals surface area contributed by atoms with E-state index in [-0.39, 0.29) is 6.04 Å². The molecule has 0 aromatic heterocycles. The molecule has 1 aromatic carbocycles. The molecule has 4 heteroatoms. The highest BCUT2D eigenvalue weighted by Crippen LogP contribution is 2.24. The predicted molar refractivity (Wildman–Crippen MR) is 87.7 cm³/mol. The second kappa shape index (κ2) is 7.25. The largest absolute Gasteiger partial charge is 0.497 e. The SMILES string of the molecule is COc1ccc(C(N)C(C)N2CCCC(N(C)C)C2)cc1. The molecule has 4 nitrogen and oxygen atoms in total. The van der Waals surface area contributed by atoms with Crippen molar-refractivity contribution in [2.75, 3.05) is 34.3 Å². The van der Waals surface area contributed by atoms with Gasteiger partial charge in [0.2, 0.25) is 0 Å². The molecule has 2 N–H and O–H groups in total. The van der Waals surface area contributed by atoms with E-state index < -0.39 is 0 Å². The molecule has 3 atom stereocenters. The van der Waals surface area contributed by atoms with Crippen molar-refractivity contribution in [3.8, 4) is 5.75 Å². The van der Waals surface area contributed by atoms with E-state index in [9.17, 15) is 0 Å². The summed E-state index contributed by atoms with van der Waals surface area (Å²) in [7, 11) is 6.02. The summed E-state index contributed by atoms with van der Waals surface area (Å²) in [6.45, 7) is 4.50. The van der Waals surface area contributed by atoms with E-state index in [1.807, 2.05) is 12.1 Å². The van der Waals surface area contributed by atoms with Crippen LogP contribution < -0.4 is 10.5 Å². The molecule has 1 heterocycles. The first-order chi connectivity index (χ1) is 10.0. The van der Waals surface area contributed by atoms with Crippen molar-refractivity contribution < 1.29 is 4.74 Å². The van der Waals surface area contributed by atoms with Gasteiger partial charge in [0.05, 0.1) is 7.11 Å². The molecule has 1 aliphatic rings. The Balaban J connectivity index is 2.02. The van der Waals surface area contributed by atoms with Crippen LogP contribution in [0.25, 0.3) is 0 Å². The number of nitrogens with zero attached hydrogens (tertiary/aromatic N) is 2. The molecular formula is C17H29N3O. The topological polar surface area (TPSA) is 41.7 Å². The maximum Gasteiger partial charge on any atom is 0.118 e. The van der Waals surface area contributed by atoms with E-state index in [0.29, 0.717) is 12.1 Å². The molecule has 0 radical (unpaired) electrons. The number of benzene rings is 1. The van der Waals surface area contributed by atoms with Crippen LogP contribution in [-0.2, 0) is 0 Å². The maximum atomic E-state index is 6.49. The van der Waals surface area contributed by atoms with E-state index >= 15 is 0 Å². The van der Waals surface area contributed by atoms with Crippen molar-refractivity contribution in [3.05, 3.63) is 29.8 Å². The number of nitrogens with two attached hydrogens (primary N) is 1. The lowest BCUT2D eigenvalue weighted by Crippen LogP contribution is -2.51. The molecule has 0 aliphatic carbocycles. The Kier molecular flexibility index (Phi) is 5.62. The summed E-state index contributed by atoms with van der Waals surface area (Å²) in [5.41, 5.74) is 7.66. The van der Waals surface area contributed by atoms with Gasteiger partial charge in [0, 0.05) is 24.7 Å². The Labute approximate surface area is 128 Å². The second-order valence-electron chi connectivity index (χ2n) is 6.29. The quantitative estimate of drug-likeness (QED) is 0.902. The van der Waals surface area contributed by atoms with Gasteiger partial charge < -0.3 is 15.4 Å². The van der Waals surface area contributed by atoms with E-state index in [1.54, 1.807) is 7.11 Å². The fourth-order valence-electron chi connectivity index (χ4n) is 3.11. The molecule has 0 saturated carbocycles. The number of piperidine rings is 1. The van der Waals surface area contributed by atoms with Gasteiger partial charge in [-0.2, -0.15) is 0 Å². The molecule has 0 amide bonds.